The molecule has 2 aromatic heterocycles. The van der Waals surface area contributed by atoms with Crippen molar-refractivity contribution in [1.82, 2.24) is 14.5 Å². The topological polar surface area (TPSA) is 38.1 Å². The summed E-state index contributed by atoms with van der Waals surface area (Å²) in [4.78, 5) is 18.8. The van der Waals surface area contributed by atoms with Crippen LogP contribution in [-0.2, 0) is 13.6 Å². The number of carbonyl (C=O) groups excluding carboxylic acids is 1. The predicted molar refractivity (Wildman–Crippen MR) is 95.5 cm³/mol. The SMILES string of the molecule is CCN(Cc1ccncc1)C(=O)c1ccc(-c2ccccc2)n1C. The molecule has 2 heterocycles. The van der Waals surface area contributed by atoms with Gasteiger partial charge in [-0.1, -0.05) is 30.3 Å². The molecule has 0 saturated carbocycles. The molecule has 0 saturated heterocycles. The van der Waals surface area contributed by atoms with Gasteiger partial charge in [0.2, 0.25) is 0 Å². The Morgan fingerprint density at radius 1 is 1.04 bits per heavy atom. The maximum atomic E-state index is 12.9. The van der Waals surface area contributed by atoms with Crippen molar-refractivity contribution >= 4 is 5.91 Å². The van der Waals surface area contributed by atoms with Crippen LogP contribution in [0.15, 0.2) is 67.0 Å². The van der Waals surface area contributed by atoms with Gasteiger partial charge in [-0.15, -0.1) is 0 Å². The number of hydrogen-bond acceptors (Lipinski definition) is 2. The van der Waals surface area contributed by atoms with Crippen LogP contribution in [0.1, 0.15) is 23.0 Å². The predicted octanol–water partition coefficient (Wildman–Crippen LogP) is 3.75. The summed E-state index contributed by atoms with van der Waals surface area (Å²) in [6, 6.07) is 17.9. The zero-order chi connectivity index (χ0) is 16.9. The molecule has 0 bridgehead atoms. The van der Waals surface area contributed by atoms with Crippen molar-refractivity contribution in [3.8, 4) is 11.3 Å². The summed E-state index contributed by atoms with van der Waals surface area (Å²) >= 11 is 0. The molecule has 1 aromatic carbocycles. The van der Waals surface area contributed by atoms with E-state index in [9.17, 15) is 4.79 Å². The van der Waals surface area contributed by atoms with E-state index in [0.717, 1.165) is 16.8 Å². The van der Waals surface area contributed by atoms with E-state index >= 15 is 0 Å². The van der Waals surface area contributed by atoms with Crippen LogP contribution in [-0.4, -0.2) is 26.9 Å². The Bertz CT molecular complexity index is 809. The van der Waals surface area contributed by atoms with Crippen molar-refractivity contribution in [2.75, 3.05) is 6.54 Å². The molecule has 0 atom stereocenters. The third-order valence-electron chi connectivity index (χ3n) is 4.20. The number of aromatic nitrogens is 2. The highest BCUT2D eigenvalue weighted by Crippen LogP contribution is 2.22. The molecule has 0 spiro atoms. The summed E-state index contributed by atoms with van der Waals surface area (Å²) in [5.74, 6) is 0.0407. The molecule has 24 heavy (non-hydrogen) atoms. The molecule has 0 unspecified atom stereocenters. The number of nitrogens with zero attached hydrogens (tertiary/aromatic N) is 3. The molecule has 0 aliphatic heterocycles. The second-order valence-electron chi connectivity index (χ2n) is 5.70. The molecule has 0 fully saturated rings. The van der Waals surface area contributed by atoms with Crippen molar-refractivity contribution < 1.29 is 4.79 Å². The maximum absolute atomic E-state index is 12.9. The molecule has 0 aliphatic rings. The van der Waals surface area contributed by atoms with Crippen molar-refractivity contribution in [3.05, 3.63) is 78.2 Å². The minimum atomic E-state index is 0.0407. The summed E-state index contributed by atoms with van der Waals surface area (Å²) in [7, 11) is 1.94. The second-order valence-corrected chi connectivity index (χ2v) is 5.70. The summed E-state index contributed by atoms with van der Waals surface area (Å²) in [6.45, 7) is 3.25. The Morgan fingerprint density at radius 2 is 1.75 bits per heavy atom. The fraction of sp³-hybridized carbons (Fsp3) is 0.200. The molecule has 1 amide bonds. The van der Waals surface area contributed by atoms with Gasteiger partial charge in [-0.3, -0.25) is 9.78 Å². The molecule has 3 aromatic rings. The van der Waals surface area contributed by atoms with Gasteiger partial charge in [0.1, 0.15) is 5.69 Å². The quantitative estimate of drug-likeness (QED) is 0.718. The number of carbonyl (C=O) groups is 1. The number of benzene rings is 1. The first kappa shape index (κ1) is 16.0. The average Bonchev–Trinajstić information content (AvgIpc) is 3.02. The fourth-order valence-electron chi connectivity index (χ4n) is 2.82. The van der Waals surface area contributed by atoms with Crippen LogP contribution in [0, 0.1) is 0 Å². The Morgan fingerprint density at radius 3 is 2.42 bits per heavy atom. The smallest absolute Gasteiger partial charge is 0.270 e. The highest BCUT2D eigenvalue weighted by atomic mass is 16.2. The average molecular weight is 319 g/mol. The van der Waals surface area contributed by atoms with Crippen LogP contribution in [0.5, 0.6) is 0 Å². The van der Waals surface area contributed by atoms with E-state index in [1.807, 2.05) is 65.9 Å². The van der Waals surface area contributed by atoms with E-state index in [2.05, 4.69) is 17.1 Å². The Balaban J connectivity index is 1.85. The van der Waals surface area contributed by atoms with Gasteiger partial charge >= 0.3 is 0 Å². The molecule has 0 radical (unpaired) electrons. The fourth-order valence-corrected chi connectivity index (χ4v) is 2.82. The normalized spacial score (nSPS) is 10.6. The highest BCUT2D eigenvalue weighted by Gasteiger charge is 2.19. The lowest BCUT2D eigenvalue weighted by Crippen LogP contribution is -2.31. The number of amides is 1. The van der Waals surface area contributed by atoms with E-state index in [0.29, 0.717) is 18.8 Å². The van der Waals surface area contributed by atoms with Gasteiger partial charge in [0.15, 0.2) is 0 Å². The molecular weight excluding hydrogens is 298 g/mol. The monoisotopic (exact) mass is 319 g/mol. The summed E-state index contributed by atoms with van der Waals surface area (Å²) < 4.78 is 1.97. The van der Waals surface area contributed by atoms with Gasteiger partial charge in [0.05, 0.1) is 0 Å². The van der Waals surface area contributed by atoms with E-state index in [4.69, 9.17) is 0 Å². The van der Waals surface area contributed by atoms with Crippen LogP contribution >= 0.6 is 0 Å². The van der Waals surface area contributed by atoms with Gasteiger partial charge in [0.25, 0.3) is 5.91 Å². The molecular formula is C20H21N3O. The third kappa shape index (κ3) is 3.23. The van der Waals surface area contributed by atoms with Gasteiger partial charge in [-0.05, 0) is 42.3 Å². The second kappa shape index (κ2) is 7.13. The molecule has 4 nitrogen and oxygen atoms in total. The number of pyridine rings is 1. The Hall–Kier alpha value is -2.88. The lowest BCUT2D eigenvalue weighted by atomic mass is 10.2. The van der Waals surface area contributed by atoms with Crippen molar-refractivity contribution in [2.45, 2.75) is 13.5 Å². The van der Waals surface area contributed by atoms with Gasteiger partial charge in [-0.2, -0.15) is 0 Å². The molecule has 122 valence electrons. The molecule has 3 rings (SSSR count). The third-order valence-corrected chi connectivity index (χ3v) is 4.20. The molecule has 0 aliphatic carbocycles. The van der Waals surface area contributed by atoms with Gasteiger partial charge in [0, 0.05) is 38.2 Å². The zero-order valence-corrected chi connectivity index (χ0v) is 14.0. The lowest BCUT2D eigenvalue weighted by molar-refractivity contribution is 0.0743. The van der Waals surface area contributed by atoms with E-state index in [1.54, 1.807) is 12.4 Å². The molecule has 0 N–H and O–H groups in total. The van der Waals surface area contributed by atoms with Crippen LogP contribution in [0.2, 0.25) is 0 Å². The van der Waals surface area contributed by atoms with Crippen molar-refractivity contribution in [1.29, 1.82) is 0 Å². The lowest BCUT2D eigenvalue weighted by Gasteiger charge is -2.21. The minimum Gasteiger partial charge on any atom is -0.340 e. The Labute approximate surface area is 142 Å². The summed E-state index contributed by atoms with van der Waals surface area (Å²) in [5.41, 5.74) is 3.93. The standard InChI is InChI=1S/C20H21N3O/c1-3-23(15-16-11-13-21-14-12-16)20(24)19-10-9-18(22(19)2)17-7-5-4-6-8-17/h4-14H,3,15H2,1-2H3. The van der Waals surface area contributed by atoms with E-state index in [-0.39, 0.29) is 5.91 Å². The maximum Gasteiger partial charge on any atom is 0.270 e. The largest absolute Gasteiger partial charge is 0.340 e. The van der Waals surface area contributed by atoms with E-state index < -0.39 is 0 Å². The van der Waals surface area contributed by atoms with Gasteiger partial charge < -0.3 is 9.47 Å². The zero-order valence-electron chi connectivity index (χ0n) is 14.0. The van der Waals surface area contributed by atoms with Crippen LogP contribution in [0.25, 0.3) is 11.3 Å². The van der Waals surface area contributed by atoms with Crippen LogP contribution < -0.4 is 0 Å². The van der Waals surface area contributed by atoms with Crippen LogP contribution in [0.3, 0.4) is 0 Å². The van der Waals surface area contributed by atoms with Gasteiger partial charge in [-0.25, -0.2) is 0 Å². The summed E-state index contributed by atoms with van der Waals surface area (Å²) in [5, 5.41) is 0. The first-order valence-electron chi connectivity index (χ1n) is 8.10. The van der Waals surface area contributed by atoms with E-state index in [1.165, 1.54) is 0 Å². The summed E-state index contributed by atoms with van der Waals surface area (Å²) in [6.07, 6.45) is 3.51. The van der Waals surface area contributed by atoms with Crippen molar-refractivity contribution in [3.63, 3.8) is 0 Å². The number of rotatable bonds is 5. The first-order chi connectivity index (χ1) is 11.7. The number of hydrogen-bond donors (Lipinski definition) is 0. The minimum absolute atomic E-state index is 0.0407. The first-order valence-corrected chi connectivity index (χ1v) is 8.10. The Kier molecular flexibility index (Phi) is 4.75. The highest BCUT2D eigenvalue weighted by molar-refractivity contribution is 5.93. The van der Waals surface area contributed by atoms with Crippen LogP contribution in [0.4, 0.5) is 0 Å². The molecule has 4 heteroatoms. The van der Waals surface area contributed by atoms with Crippen molar-refractivity contribution in [2.24, 2.45) is 7.05 Å².